The molecule has 1 fully saturated rings. The minimum atomic E-state index is -0.418. The highest BCUT2D eigenvalue weighted by Crippen LogP contribution is 2.22. The van der Waals surface area contributed by atoms with Crippen molar-refractivity contribution in [3.05, 3.63) is 66.3 Å². The van der Waals surface area contributed by atoms with E-state index >= 15 is 0 Å². The van der Waals surface area contributed by atoms with E-state index in [1.165, 1.54) is 6.07 Å². The van der Waals surface area contributed by atoms with Crippen molar-refractivity contribution in [1.82, 2.24) is 15.0 Å². The number of hydrogen-bond donors (Lipinski definition) is 1. The highest BCUT2D eigenvalue weighted by Gasteiger charge is 2.26. The third-order valence-electron chi connectivity index (χ3n) is 4.95. The Hall–Kier alpha value is -3.06. The number of para-hydroxylation sites is 1. The van der Waals surface area contributed by atoms with Crippen LogP contribution in [0.5, 0.6) is 0 Å². The van der Waals surface area contributed by atoms with E-state index in [0.717, 1.165) is 18.7 Å². The average Bonchev–Trinajstić information content (AvgIpc) is 3.19. The lowest BCUT2D eigenvalue weighted by atomic mass is 9.96. The topological polar surface area (TPSA) is 71.3 Å². The van der Waals surface area contributed by atoms with Gasteiger partial charge in [0.15, 0.2) is 0 Å². The van der Waals surface area contributed by atoms with Crippen LogP contribution >= 0.6 is 0 Å². The van der Waals surface area contributed by atoms with Crippen LogP contribution in [0.25, 0.3) is 11.4 Å². The molecule has 3 aromatic rings. The van der Waals surface area contributed by atoms with Gasteiger partial charge in [-0.15, -0.1) is 0 Å². The molecule has 0 spiro atoms. The van der Waals surface area contributed by atoms with Crippen molar-refractivity contribution in [2.75, 3.05) is 18.4 Å². The number of nitrogens with one attached hydrogen (secondary N) is 1. The van der Waals surface area contributed by atoms with E-state index in [9.17, 15) is 9.18 Å². The number of benzene rings is 2. The second-order valence-corrected chi connectivity index (χ2v) is 6.90. The summed E-state index contributed by atoms with van der Waals surface area (Å²) in [6.07, 6.45) is 1.42. The predicted octanol–water partition coefficient (Wildman–Crippen LogP) is 3.73. The van der Waals surface area contributed by atoms with Crippen molar-refractivity contribution < 1.29 is 13.7 Å². The molecule has 0 radical (unpaired) electrons. The Morgan fingerprint density at radius 3 is 2.57 bits per heavy atom. The highest BCUT2D eigenvalue weighted by molar-refractivity contribution is 5.92. The number of piperidine rings is 1. The van der Waals surface area contributed by atoms with Gasteiger partial charge in [0.25, 0.3) is 0 Å². The van der Waals surface area contributed by atoms with Gasteiger partial charge >= 0.3 is 0 Å². The van der Waals surface area contributed by atoms with Crippen LogP contribution in [0.4, 0.5) is 10.1 Å². The zero-order chi connectivity index (χ0) is 19.3. The number of carbonyl (C=O) groups excluding carboxylic acids is 1. The monoisotopic (exact) mass is 380 g/mol. The molecule has 1 N–H and O–H groups in total. The third kappa shape index (κ3) is 4.26. The van der Waals surface area contributed by atoms with Gasteiger partial charge in [0, 0.05) is 11.5 Å². The number of nitrogens with zero attached hydrogens (tertiary/aromatic N) is 3. The lowest BCUT2D eigenvalue weighted by Crippen LogP contribution is -2.37. The first-order valence-corrected chi connectivity index (χ1v) is 9.35. The van der Waals surface area contributed by atoms with Crippen LogP contribution in [-0.2, 0) is 11.3 Å². The standard InChI is InChI=1S/C21H21FN4O2/c22-17-8-4-5-9-18(17)23-21(27)16-10-12-26(13-11-16)14-19-24-20(25-28-19)15-6-2-1-3-7-15/h1-9,16H,10-14H2,(H,23,27). The summed E-state index contributed by atoms with van der Waals surface area (Å²) in [6.45, 7) is 2.05. The van der Waals surface area contributed by atoms with E-state index in [4.69, 9.17) is 4.52 Å². The Bertz CT molecular complexity index is 936. The Labute approximate surface area is 162 Å². The van der Waals surface area contributed by atoms with Crippen LogP contribution in [0.3, 0.4) is 0 Å². The van der Waals surface area contributed by atoms with Gasteiger partial charge in [-0.2, -0.15) is 4.98 Å². The molecule has 0 aliphatic carbocycles. The fraction of sp³-hybridized carbons (Fsp3) is 0.286. The molecular formula is C21H21FN4O2. The van der Waals surface area contributed by atoms with Crippen molar-refractivity contribution in [3.8, 4) is 11.4 Å². The van der Waals surface area contributed by atoms with Gasteiger partial charge in [-0.1, -0.05) is 47.6 Å². The number of amides is 1. The van der Waals surface area contributed by atoms with Gasteiger partial charge in [-0.25, -0.2) is 4.39 Å². The molecule has 1 aromatic heterocycles. The van der Waals surface area contributed by atoms with Crippen molar-refractivity contribution in [1.29, 1.82) is 0 Å². The van der Waals surface area contributed by atoms with Crippen molar-refractivity contribution in [2.24, 2.45) is 5.92 Å². The number of aromatic nitrogens is 2. The largest absolute Gasteiger partial charge is 0.338 e. The number of carbonyl (C=O) groups is 1. The lowest BCUT2D eigenvalue weighted by molar-refractivity contribution is -0.121. The fourth-order valence-corrected chi connectivity index (χ4v) is 3.37. The Morgan fingerprint density at radius 1 is 1.11 bits per heavy atom. The highest BCUT2D eigenvalue weighted by atomic mass is 19.1. The third-order valence-corrected chi connectivity index (χ3v) is 4.95. The maximum Gasteiger partial charge on any atom is 0.241 e. The molecule has 2 aromatic carbocycles. The summed E-state index contributed by atoms with van der Waals surface area (Å²) in [5.74, 6) is 0.467. The fourth-order valence-electron chi connectivity index (χ4n) is 3.37. The molecule has 4 rings (SSSR count). The summed E-state index contributed by atoms with van der Waals surface area (Å²) in [4.78, 5) is 19.1. The SMILES string of the molecule is O=C(Nc1ccccc1F)C1CCN(Cc2nc(-c3ccccc3)no2)CC1. The normalized spacial score (nSPS) is 15.5. The first kappa shape index (κ1) is 18.3. The van der Waals surface area contributed by atoms with Crippen LogP contribution in [-0.4, -0.2) is 34.0 Å². The molecule has 0 atom stereocenters. The minimum Gasteiger partial charge on any atom is -0.338 e. The molecule has 6 nitrogen and oxygen atoms in total. The average molecular weight is 380 g/mol. The molecule has 0 saturated carbocycles. The van der Waals surface area contributed by atoms with E-state index < -0.39 is 5.82 Å². The molecular weight excluding hydrogens is 359 g/mol. The maximum absolute atomic E-state index is 13.7. The van der Waals surface area contributed by atoms with E-state index in [-0.39, 0.29) is 17.5 Å². The molecule has 1 aliphatic rings. The summed E-state index contributed by atoms with van der Waals surface area (Å²) in [5, 5.41) is 6.73. The van der Waals surface area contributed by atoms with Crippen LogP contribution in [0.2, 0.25) is 0 Å². The maximum atomic E-state index is 13.7. The molecule has 0 bridgehead atoms. The molecule has 0 unspecified atom stereocenters. The smallest absolute Gasteiger partial charge is 0.241 e. The second kappa shape index (κ2) is 8.31. The van der Waals surface area contributed by atoms with Crippen LogP contribution < -0.4 is 5.32 Å². The number of rotatable bonds is 5. The molecule has 7 heteroatoms. The number of halogens is 1. The van der Waals surface area contributed by atoms with Gasteiger partial charge < -0.3 is 9.84 Å². The minimum absolute atomic E-state index is 0.126. The van der Waals surface area contributed by atoms with Crippen LogP contribution in [0.1, 0.15) is 18.7 Å². The first-order valence-electron chi connectivity index (χ1n) is 9.35. The van der Waals surface area contributed by atoms with Crippen molar-refractivity contribution in [2.45, 2.75) is 19.4 Å². The van der Waals surface area contributed by atoms with Gasteiger partial charge in [0.2, 0.25) is 17.6 Å². The van der Waals surface area contributed by atoms with E-state index in [0.29, 0.717) is 31.1 Å². The summed E-state index contributed by atoms with van der Waals surface area (Å²) in [6, 6.07) is 15.9. The molecule has 2 heterocycles. The summed E-state index contributed by atoms with van der Waals surface area (Å²) < 4.78 is 19.1. The van der Waals surface area contributed by atoms with E-state index in [1.807, 2.05) is 30.3 Å². The second-order valence-electron chi connectivity index (χ2n) is 6.90. The number of likely N-dealkylation sites (tertiary alicyclic amines) is 1. The van der Waals surface area contributed by atoms with E-state index in [2.05, 4.69) is 20.4 Å². The molecule has 1 saturated heterocycles. The summed E-state index contributed by atoms with van der Waals surface area (Å²) in [5.41, 5.74) is 1.15. The van der Waals surface area contributed by atoms with Crippen LogP contribution in [0, 0.1) is 11.7 Å². The van der Waals surface area contributed by atoms with Crippen molar-refractivity contribution >= 4 is 11.6 Å². The quantitative estimate of drug-likeness (QED) is 0.730. The Kier molecular flexibility index (Phi) is 5.43. The summed E-state index contributed by atoms with van der Waals surface area (Å²) >= 11 is 0. The zero-order valence-corrected chi connectivity index (χ0v) is 15.3. The summed E-state index contributed by atoms with van der Waals surface area (Å²) in [7, 11) is 0. The Morgan fingerprint density at radius 2 is 1.82 bits per heavy atom. The molecule has 28 heavy (non-hydrogen) atoms. The lowest BCUT2D eigenvalue weighted by Gasteiger charge is -2.30. The molecule has 1 amide bonds. The van der Waals surface area contributed by atoms with Gasteiger partial charge in [0.1, 0.15) is 5.82 Å². The van der Waals surface area contributed by atoms with Crippen LogP contribution in [0.15, 0.2) is 59.1 Å². The van der Waals surface area contributed by atoms with Crippen molar-refractivity contribution in [3.63, 3.8) is 0 Å². The predicted molar refractivity (Wildman–Crippen MR) is 103 cm³/mol. The van der Waals surface area contributed by atoms with Gasteiger partial charge in [-0.05, 0) is 38.1 Å². The van der Waals surface area contributed by atoms with Gasteiger partial charge in [-0.3, -0.25) is 9.69 Å². The number of anilines is 1. The van der Waals surface area contributed by atoms with Gasteiger partial charge in [0.05, 0.1) is 12.2 Å². The van der Waals surface area contributed by atoms with E-state index in [1.54, 1.807) is 18.2 Å². The number of hydrogen-bond acceptors (Lipinski definition) is 5. The molecule has 144 valence electrons. The molecule has 1 aliphatic heterocycles. The Balaban J connectivity index is 1.29. The first-order chi connectivity index (χ1) is 13.7. The zero-order valence-electron chi connectivity index (χ0n) is 15.3.